The summed E-state index contributed by atoms with van der Waals surface area (Å²) in [6.07, 6.45) is 0. The van der Waals surface area contributed by atoms with Gasteiger partial charge in [-0.1, -0.05) is 48.2 Å². The Balaban J connectivity index is 1.68. The van der Waals surface area contributed by atoms with Crippen molar-refractivity contribution < 1.29 is 23.8 Å². The first-order valence-corrected chi connectivity index (χ1v) is 13.1. The van der Waals surface area contributed by atoms with Crippen LogP contribution in [0.25, 0.3) is 10.9 Å². The summed E-state index contributed by atoms with van der Waals surface area (Å²) in [6.45, 7) is 0.240. The number of para-hydroxylation sites is 2. The van der Waals surface area contributed by atoms with Crippen LogP contribution in [-0.4, -0.2) is 43.5 Å². The number of nitrogens with one attached hydrogen (secondary N) is 1. The van der Waals surface area contributed by atoms with Crippen LogP contribution in [0.3, 0.4) is 0 Å². The highest BCUT2D eigenvalue weighted by Crippen LogP contribution is 2.46. The number of fused-ring (bicyclic) bond motifs is 3. The number of methoxy groups -OCH3 is 3. The predicted molar refractivity (Wildman–Crippen MR) is 148 cm³/mol. The number of aromatic nitrogens is 1. The number of carbonyl (C=O) groups is 2. The molecule has 38 heavy (non-hydrogen) atoms. The molecule has 4 aromatic rings. The Kier molecular flexibility index (Phi) is 7.20. The molecule has 8 nitrogen and oxygen atoms in total. The SMILES string of the molecule is COc1ccc(OC)c(N2C(=O)CSc3c(c4ccccc4n3C)C2C(=O)NCc2ccccc2OC)c1. The second-order valence-corrected chi connectivity index (χ2v) is 9.78. The number of thioether (sulfide) groups is 1. The molecule has 196 valence electrons. The number of benzene rings is 3. The van der Waals surface area contributed by atoms with Gasteiger partial charge in [0.1, 0.15) is 23.3 Å². The number of hydrogen-bond acceptors (Lipinski definition) is 6. The first-order chi connectivity index (χ1) is 18.5. The lowest BCUT2D eigenvalue weighted by molar-refractivity contribution is -0.126. The van der Waals surface area contributed by atoms with E-state index in [1.54, 1.807) is 44.4 Å². The highest BCUT2D eigenvalue weighted by atomic mass is 32.2. The summed E-state index contributed by atoms with van der Waals surface area (Å²) in [5.74, 6) is 1.34. The predicted octanol–water partition coefficient (Wildman–Crippen LogP) is 4.70. The van der Waals surface area contributed by atoms with E-state index in [0.717, 1.165) is 27.1 Å². The fourth-order valence-electron chi connectivity index (χ4n) is 4.95. The number of hydrogen-bond donors (Lipinski definition) is 1. The molecule has 1 unspecified atom stereocenters. The summed E-state index contributed by atoms with van der Waals surface area (Å²) >= 11 is 1.43. The summed E-state index contributed by atoms with van der Waals surface area (Å²) < 4.78 is 18.6. The van der Waals surface area contributed by atoms with Crippen LogP contribution in [0.2, 0.25) is 0 Å². The molecule has 0 bridgehead atoms. The Morgan fingerprint density at radius 1 is 0.974 bits per heavy atom. The van der Waals surface area contributed by atoms with Gasteiger partial charge in [-0.25, -0.2) is 0 Å². The third-order valence-corrected chi connectivity index (χ3v) is 7.92. The third kappa shape index (κ3) is 4.43. The van der Waals surface area contributed by atoms with Crippen LogP contribution in [-0.2, 0) is 23.2 Å². The molecule has 0 aliphatic carbocycles. The highest BCUT2D eigenvalue weighted by Gasteiger charge is 2.41. The van der Waals surface area contributed by atoms with E-state index >= 15 is 0 Å². The van der Waals surface area contributed by atoms with Gasteiger partial charge < -0.3 is 24.1 Å². The zero-order valence-corrected chi connectivity index (χ0v) is 22.5. The number of ether oxygens (including phenoxy) is 3. The lowest BCUT2D eigenvalue weighted by Gasteiger charge is -2.31. The molecule has 0 saturated heterocycles. The number of aryl methyl sites for hydroxylation is 1. The van der Waals surface area contributed by atoms with Crippen LogP contribution < -0.4 is 24.4 Å². The average molecular weight is 532 g/mol. The van der Waals surface area contributed by atoms with Gasteiger partial charge >= 0.3 is 0 Å². The molecule has 1 aliphatic heterocycles. The Bertz CT molecular complexity index is 1520. The number of carbonyl (C=O) groups excluding carboxylic acids is 2. The van der Waals surface area contributed by atoms with Crippen molar-refractivity contribution in [2.24, 2.45) is 7.05 Å². The van der Waals surface area contributed by atoms with Crippen molar-refractivity contribution in [1.29, 1.82) is 0 Å². The van der Waals surface area contributed by atoms with E-state index in [-0.39, 0.29) is 24.1 Å². The van der Waals surface area contributed by atoms with Gasteiger partial charge in [-0.3, -0.25) is 14.5 Å². The molecule has 1 aliphatic rings. The topological polar surface area (TPSA) is 82.0 Å². The van der Waals surface area contributed by atoms with Gasteiger partial charge in [0.25, 0.3) is 0 Å². The Morgan fingerprint density at radius 3 is 2.47 bits per heavy atom. The van der Waals surface area contributed by atoms with Crippen molar-refractivity contribution in [2.45, 2.75) is 17.6 Å². The maximum Gasteiger partial charge on any atom is 0.248 e. The average Bonchev–Trinajstić information content (AvgIpc) is 3.13. The van der Waals surface area contributed by atoms with Crippen LogP contribution in [0, 0.1) is 0 Å². The second kappa shape index (κ2) is 10.7. The van der Waals surface area contributed by atoms with Gasteiger partial charge in [-0.15, -0.1) is 0 Å². The molecule has 0 fully saturated rings. The van der Waals surface area contributed by atoms with Crippen molar-refractivity contribution in [2.75, 3.05) is 32.0 Å². The van der Waals surface area contributed by atoms with Crippen molar-refractivity contribution >= 4 is 40.2 Å². The fraction of sp³-hybridized carbons (Fsp3) is 0.241. The van der Waals surface area contributed by atoms with Crippen molar-refractivity contribution in [3.05, 3.63) is 77.9 Å². The molecular formula is C29H29N3O5S. The fourth-order valence-corrected chi connectivity index (χ4v) is 6.01. The van der Waals surface area contributed by atoms with Crippen molar-refractivity contribution in [1.82, 2.24) is 9.88 Å². The molecule has 2 heterocycles. The molecular weight excluding hydrogens is 502 g/mol. The van der Waals surface area contributed by atoms with E-state index in [4.69, 9.17) is 14.2 Å². The van der Waals surface area contributed by atoms with Gasteiger partial charge in [-0.2, -0.15) is 0 Å². The molecule has 1 N–H and O–H groups in total. The van der Waals surface area contributed by atoms with E-state index in [2.05, 4.69) is 9.88 Å². The largest absolute Gasteiger partial charge is 0.497 e. The number of amides is 2. The maximum atomic E-state index is 14.2. The lowest BCUT2D eigenvalue weighted by Crippen LogP contribution is -2.44. The number of rotatable bonds is 7. The van der Waals surface area contributed by atoms with Crippen LogP contribution in [0.15, 0.2) is 71.8 Å². The van der Waals surface area contributed by atoms with Gasteiger partial charge in [0.05, 0.1) is 37.8 Å². The smallest absolute Gasteiger partial charge is 0.248 e. The van der Waals surface area contributed by atoms with E-state index in [0.29, 0.717) is 22.9 Å². The summed E-state index contributed by atoms with van der Waals surface area (Å²) in [5, 5.41) is 4.86. The molecule has 1 aromatic heterocycles. The third-order valence-electron chi connectivity index (χ3n) is 6.76. The lowest BCUT2D eigenvalue weighted by atomic mass is 10.0. The minimum absolute atomic E-state index is 0.161. The molecule has 1 atom stereocenters. The molecule has 9 heteroatoms. The molecule has 5 rings (SSSR count). The Morgan fingerprint density at radius 2 is 1.71 bits per heavy atom. The standard InChI is InChI=1S/C29H29N3O5S/c1-31-21-11-7-6-10-20(21)26-27(28(34)30-16-18-9-5-8-12-23(18)36-3)32(25(33)17-38-29(26)31)22-15-19(35-2)13-14-24(22)37-4/h5-15,27H,16-17H2,1-4H3,(H,30,34). The monoisotopic (exact) mass is 531 g/mol. The van der Waals surface area contributed by atoms with E-state index in [9.17, 15) is 9.59 Å². The molecule has 3 aromatic carbocycles. The molecule has 2 amide bonds. The van der Waals surface area contributed by atoms with Gasteiger partial charge in [0, 0.05) is 41.7 Å². The summed E-state index contributed by atoms with van der Waals surface area (Å²) in [6, 6.07) is 19.7. The van der Waals surface area contributed by atoms with Crippen molar-refractivity contribution in [3.63, 3.8) is 0 Å². The first-order valence-electron chi connectivity index (χ1n) is 12.1. The van der Waals surface area contributed by atoms with Crippen LogP contribution >= 0.6 is 11.8 Å². The highest BCUT2D eigenvalue weighted by molar-refractivity contribution is 8.00. The number of anilines is 1. The summed E-state index contributed by atoms with van der Waals surface area (Å²) in [5.41, 5.74) is 3.07. The van der Waals surface area contributed by atoms with Crippen molar-refractivity contribution in [3.8, 4) is 17.2 Å². The second-order valence-electron chi connectivity index (χ2n) is 8.82. The first kappa shape index (κ1) is 25.5. The zero-order chi connectivity index (χ0) is 26.8. The Hall–Kier alpha value is -4.11. The molecule has 0 radical (unpaired) electrons. The van der Waals surface area contributed by atoms with Gasteiger partial charge in [-0.05, 0) is 24.3 Å². The summed E-state index contributed by atoms with van der Waals surface area (Å²) in [7, 11) is 6.67. The van der Waals surface area contributed by atoms with Crippen LogP contribution in [0.5, 0.6) is 17.2 Å². The molecule has 0 spiro atoms. The van der Waals surface area contributed by atoms with Crippen LogP contribution in [0.1, 0.15) is 17.2 Å². The minimum atomic E-state index is -0.950. The van der Waals surface area contributed by atoms with E-state index < -0.39 is 6.04 Å². The summed E-state index contributed by atoms with van der Waals surface area (Å²) in [4.78, 5) is 29.5. The van der Waals surface area contributed by atoms with Gasteiger partial charge in [0.2, 0.25) is 11.8 Å². The quantitative estimate of drug-likeness (QED) is 0.372. The zero-order valence-electron chi connectivity index (χ0n) is 21.7. The Labute approximate surface area is 225 Å². The maximum absolute atomic E-state index is 14.2. The number of nitrogens with zero attached hydrogens (tertiary/aromatic N) is 2. The molecule has 0 saturated carbocycles. The normalized spacial score (nSPS) is 15.1. The minimum Gasteiger partial charge on any atom is -0.497 e. The van der Waals surface area contributed by atoms with E-state index in [1.807, 2.05) is 55.6 Å². The van der Waals surface area contributed by atoms with E-state index in [1.165, 1.54) is 11.8 Å². The van der Waals surface area contributed by atoms with Crippen LogP contribution in [0.4, 0.5) is 5.69 Å². The van der Waals surface area contributed by atoms with Gasteiger partial charge in [0.15, 0.2) is 0 Å².